The van der Waals surface area contributed by atoms with Gasteiger partial charge in [-0.3, -0.25) is 4.68 Å². The Bertz CT molecular complexity index is 503. The number of para-hydroxylation sites is 1. The van der Waals surface area contributed by atoms with Crippen molar-refractivity contribution >= 4 is 10.9 Å². The average Bonchev–Trinajstić information content (AvgIpc) is 2.75. The summed E-state index contributed by atoms with van der Waals surface area (Å²) in [6.45, 7) is 5.68. The lowest BCUT2D eigenvalue weighted by molar-refractivity contribution is 0.320. The van der Waals surface area contributed by atoms with Crippen LogP contribution in [0.5, 0.6) is 0 Å². The van der Waals surface area contributed by atoms with Crippen molar-refractivity contribution in [2.75, 3.05) is 20.1 Å². The summed E-state index contributed by atoms with van der Waals surface area (Å²) in [6, 6.07) is 8.43. The first-order valence-electron chi connectivity index (χ1n) is 6.59. The van der Waals surface area contributed by atoms with Gasteiger partial charge in [-0.15, -0.1) is 0 Å². The molecule has 2 N–H and O–H groups in total. The van der Waals surface area contributed by atoms with Gasteiger partial charge in [-0.05, 0) is 39.5 Å². The Balaban J connectivity index is 2.22. The number of aromatic nitrogens is 2. The molecular formula is C14H22N4. The molecule has 0 fully saturated rings. The summed E-state index contributed by atoms with van der Waals surface area (Å²) in [4.78, 5) is 2.28. The minimum Gasteiger partial charge on any atom is -0.330 e. The maximum atomic E-state index is 5.54. The van der Waals surface area contributed by atoms with Crippen LogP contribution >= 0.6 is 0 Å². The molecular weight excluding hydrogens is 224 g/mol. The lowest BCUT2D eigenvalue weighted by Gasteiger charge is -2.14. The first-order chi connectivity index (χ1) is 8.76. The molecule has 0 aliphatic rings. The molecule has 98 valence electrons. The van der Waals surface area contributed by atoms with Crippen molar-refractivity contribution in [3.05, 3.63) is 30.0 Å². The minimum absolute atomic E-state index is 0.745. The molecule has 0 unspecified atom stereocenters. The van der Waals surface area contributed by atoms with Crippen LogP contribution in [0, 0.1) is 0 Å². The third kappa shape index (κ3) is 2.71. The van der Waals surface area contributed by atoms with Crippen molar-refractivity contribution in [1.29, 1.82) is 0 Å². The third-order valence-corrected chi connectivity index (χ3v) is 3.20. The van der Waals surface area contributed by atoms with Gasteiger partial charge >= 0.3 is 0 Å². The number of rotatable bonds is 6. The van der Waals surface area contributed by atoms with Crippen LogP contribution in [0.25, 0.3) is 10.9 Å². The van der Waals surface area contributed by atoms with E-state index in [1.807, 2.05) is 0 Å². The van der Waals surface area contributed by atoms with Crippen LogP contribution in [0.4, 0.5) is 0 Å². The van der Waals surface area contributed by atoms with Crippen LogP contribution < -0.4 is 5.73 Å². The molecule has 0 radical (unpaired) electrons. The Kier molecular flexibility index (Phi) is 4.33. The van der Waals surface area contributed by atoms with Crippen molar-refractivity contribution in [2.24, 2.45) is 5.73 Å². The number of hydrogen-bond donors (Lipinski definition) is 1. The Labute approximate surface area is 108 Å². The first kappa shape index (κ1) is 13.1. The van der Waals surface area contributed by atoms with E-state index in [1.165, 1.54) is 10.9 Å². The van der Waals surface area contributed by atoms with Crippen molar-refractivity contribution in [3.63, 3.8) is 0 Å². The van der Waals surface area contributed by atoms with E-state index in [9.17, 15) is 0 Å². The number of fused-ring (bicyclic) bond motifs is 1. The molecule has 18 heavy (non-hydrogen) atoms. The van der Waals surface area contributed by atoms with Gasteiger partial charge in [0.25, 0.3) is 0 Å². The monoisotopic (exact) mass is 246 g/mol. The zero-order valence-electron chi connectivity index (χ0n) is 11.3. The smallest absolute Gasteiger partial charge is 0.0843 e. The Morgan fingerprint density at radius 1 is 1.33 bits per heavy atom. The molecule has 0 atom stereocenters. The molecule has 0 spiro atoms. The predicted octanol–water partition coefficient (Wildman–Crippen LogP) is 1.84. The second-order valence-corrected chi connectivity index (χ2v) is 4.66. The van der Waals surface area contributed by atoms with Gasteiger partial charge in [0.1, 0.15) is 0 Å². The summed E-state index contributed by atoms with van der Waals surface area (Å²) < 4.78 is 2.07. The van der Waals surface area contributed by atoms with Crippen molar-refractivity contribution in [3.8, 4) is 0 Å². The number of hydrogen-bond acceptors (Lipinski definition) is 3. The number of nitrogens with zero attached hydrogens (tertiary/aromatic N) is 3. The SMILES string of the molecule is CCn1nc(CN(C)CCCN)c2ccccc21. The van der Waals surface area contributed by atoms with E-state index in [0.717, 1.165) is 38.3 Å². The summed E-state index contributed by atoms with van der Waals surface area (Å²) >= 11 is 0. The average molecular weight is 246 g/mol. The summed E-state index contributed by atoms with van der Waals surface area (Å²) in [7, 11) is 2.12. The number of benzene rings is 1. The fraction of sp³-hybridized carbons (Fsp3) is 0.500. The van der Waals surface area contributed by atoms with Crippen LogP contribution in [0.15, 0.2) is 24.3 Å². The predicted molar refractivity (Wildman–Crippen MR) is 75.4 cm³/mol. The molecule has 4 heteroatoms. The summed E-state index contributed by atoms with van der Waals surface area (Å²) in [5.74, 6) is 0. The zero-order chi connectivity index (χ0) is 13.0. The maximum Gasteiger partial charge on any atom is 0.0843 e. The lowest BCUT2D eigenvalue weighted by atomic mass is 10.2. The molecule has 0 aliphatic heterocycles. The van der Waals surface area contributed by atoms with Crippen molar-refractivity contribution < 1.29 is 0 Å². The first-order valence-corrected chi connectivity index (χ1v) is 6.59. The Hall–Kier alpha value is -1.39. The van der Waals surface area contributed by atoms with E-state index in [-0.39, 0.29) is 0 Å². The van der Waals surface area contributed by atoms with E-state index in [0.29, 0.717) is 0 Å². The molecule has 1 aromatic carbocycles. The van der Waals surface area contributed by atoms with Crippen LogP contribution in [0.1, 0.15) is 19.0 Å². The van der Waals surface area contributed by atoms with Gasteiger partial charge < -0.3 is 10.6 Å². The number of nitrogens with two attached hydrogens (primary N) is 1. The standard InChI is InChI=1S/C14H22N4/c1-3-18-14-8-5-4-7-12(14)13(16-18)11-17(2)10-6-9-15/h4-5,7-8H,3,6,9-11,15H2,1-2H3. The van der Waals surface area contributed by atoms with Crippen LogP contribution in [0.2, 0.25) is 0 Å². The van der Waals surface area contributed by atoms with Crippen molar-refractivity contribution in [1.82, 2.24) is 14.7 Å². The maximum absolute atomic E-state index is 5.54. The second kappa shape index (κ2) is 5.98. The van der Waals surface area contributed by atoms with Gasteiger partial charge in [0.2, 0.25) is 0 Å². The van der Waals surface area contributed by atoms with Gasteiger partial charge in [0, 0.05) is 18.5 Å². The molecule has 2 aromatic rings. The molecule has 0 aliphatic carbocycles. The van der Waals surface area contributed by atoms with Gasteiger partial charge in [-0.1, -0.05) is 18.2 Å². The highest BCUT2D eigenvalue weighted by molar-refractivity contribution is 5.81. The molecule has 1 aromatic heterocycles. The molecule has 0 saturated carbocycles. The Morgan fingerprint density at radius 2 is 2.11 bits per heavy atom. The van der Waals surface area contributed by atoms with E-state index in [1.54, 1.807) is 0 Å². The molecule has 0 bridgehead atoms. The molecule has 0 saturated heterocycles. The third-order valence-electron chi connectivity index (χ3n) is 3.20. The highest BCUT2D eigenvalue weighted by Crippen LogP contribution is 2.19. The van der Waals surface area contributed by atoms with E-state index < -0.39 is 0 Å². The summed E-state index contributed by atoms with van der Waals surface area (Å²) in [6.07, 6.45) is 1.03. The van der Waals surface area contributed by atoms with Gasteiger partial charge in [0.05, 0.1) is 11.2 Å². The minimum atomic E-state index is 0.745. The topological polar surface area (TPSA) is 47.1 Å². The van der Waals surface area contributed by atoms with Crippen LogP contribution in [-0.4, -0.2) is 34.8 Å². The molecule has 2 rings (SSSR count). The van der Waals surface area contributed by atoms with Crippen LogP contribution in [0.3, 0.4) is 0 Å². The van der Waals surface area contributed by atoms with E-state index in [2.05, 4.69) is 47.8 Å². The quantitative estimate of drug-likeness (QED) is 0.846. The van der Waals surface area contributed by atoms with Crippen molar-refractivity contribution in [2.45, 2.75) is 26.4 Å². The second-order valence-electron chi connectivity index (χ2n) is 4.66. The summed E-state index contributed by atoms with van der Waals surface area (Å²) in [5.41, 5.74) is 7.92. The fourth-order valence-electron chi connectivity index (χ4n) is 2.25. The largest absolute Gasteiger partial charge is 0.330 e. The van der Waals surface area contributed by atoms with E-state index in [4.69, 9.17) is 10.8 Å². The lowest BCUT2D eigenvalue weighted by Crippen LogP contribution is -2.21. The molecule has 4 nitrogen and oxygen atoms in total. The number of aryl methyl sites for hydroxylation is 1. The zero-order valence-corrected chi connectivity index (χ0v) is 11.3. The Morgan fingerprint density at radius 3 is 2.83 bits per heavy atom. The molecule has 0 amide bonds. The summed E-state index contributed by atoms with van der Waals surface area (Å²) in [5, 5.41) is 5.96. The van der Waals surface area contributed by atoms with E-state index >= 15 is 0 Å². The normalized spacial score (nSPS) is 11.6. The highest BCUT2D eigenvalue weighted by Gasteiger charge is 2.10. The highest BCUT2D eigenvalue weighted by atomic mass is 15.3. The van der Waals surface area contributed by atoms with Crippen LogP contribution in [-0.2, 0) is 13.1 Å². The van der Waals surface area contributed by atoms with Gasteiger partial charge in [0.15, 0.2) is 0 Å². The molecule has 1 heterocycles. The van der Waals surface area contributed by atoms with Gasteiger partial charge in [-0.25, -0.2) is 0 Å². The fourth-order valence-corrected chi connectivity index (χ4v) is 2.25. The van der Waals surface area contributed by atoms with Gasteiger partial charge in [-0.2, -0.15) is 5.10 Å².